The lowest BCUT2D eigenvalue weighted by atomic mass is 10.0. The number of aromatic nitrogens is 1. The Balaban J connectivity index is 1.99. The number of anilines is 1. The van der Waals surface area contributed by atoms with Crippen LogP contribution in [0.3, 0.4) is 0 Å². The molecule has 138 valence electrons. The van der Waals surface area contributed by atoms with Crippen LogP contribution in [0.15, 0.2) is 30.3 Å². The van der Waals surface area contributed by atoms with Gasteiger partial charge in [0.15, 0.2) is 11.5 Å². The Labute approximate surface area is 154 Å². The second kappa shape index (κ2) is 6.70. The molecule has 3 rings (SSSR count). The lowest BCUT2D eigenvalue weighted by Crippen LogP contribution is -2.37. The summed E-state index contributed by atoms with van der Waals surface area (Å²) in [5.74, 6) is 3.30. The molecule has 8 heteroatoms. The number of hydrogen-bond donors (Lipinski definition) is 3. The molecule has 2 amide bonds. The molecule has 0 saturated carbocycles. The van der Waals surface area contributed by atoms with Gasteiger partial charge in [-0.1, -0.05) is 24.0 Å². The average molecular weight is 368 g/mol. The molecule has 7 nitrogen and oxygen atoms in total. The van der Waals surface area contributed by atoms with E-state index >= 15 is 0 Å². The molecule has 1 fully saturated rings. The van der Waals surface area contributed by atoms with Crippen LogP contribution in [0.5, 0.6) is 0 Å². The Bertz CT molecular complexity index is 1010. The van der Waals surface area contributed by atoms with Gasteiger partial charge in [-0.3, -0.25) is 9.59 Å². The van der Waals surface area contributed by atoms with Gasteiger partial charge in [-0.15, -0.1) is 0 Å². The zero-order chi connectivity index (χ0) is 19.8. The van der Waals surface area contributed by atoms with Gasteiger partial charge in [-0.2, -0.15) is 0 Å². The lowest BCUT2D eigenvalue weighted by Gasteiger charge is -2.13. The van der Waals surface area contributed by atoms with E-state index in [1.165, 1.54) is 11.0 Å². The average Bonchev–Trinajstić information content (AvgIpc) is 2.88. The summed E-state index contributed by atoms with van der Waals surface area (Å²) in [4.78, 5) is 28.7. The van der Waals surface area contributed by atoms with Crippen molar-refractivity contribution in [2.45, 2.75) is 12.0 Å². The molecule has 1 unspecified atom stereocenters. The van der Waals surface area contributed by atoms with Crippen molar-refractivity contribution in [2.24, 2.45) is 5.73 Å². The van der Waals surface area contributed by atoms with Gasteiger partial charge in [0.1, 0.15) is 5.69 Å². The Morgan fingerprint density at radius 2 is 2.15 bits per heavy atom. The fourth-order valence-corrected chi connectivity index (χ4v) is 2.79. The molecule has 2 heterocycles. The molecule has 1 aliphatic rings. The van der Waals surface area contributed by atoms with E-state index in [0.29, 0.717) is 17.7 Å². The fourth-order valence-electron chi connectivity index (χ4n) is 2.79. The first kappa shape index (κ1) is 18.4. The smallest absolute Gasteiger partial charge is 0.269 e. The van der Waals surface area contributed by atoms with Crippen molar-refractivity contribution >= 4 is 17.5 Å². The highest BCUT2D eigenvalue weighted by Crippen LogP contribution is 2.25. The van der Waals surface area contributed by atoms with Crippen LogP contribution in [0.2, 0.25) is 0 Å². The summed E-state index contributed by atoms with van der Waals surface area (Å²) in [6.07, 6.45) is 0.213. The maximum absolute atomic E-state index is 14.3. The first-order chi connectivity index (χ1) is 12.7. The van der Waals surface area contributed by atoms with E-state index in [2.05, 4.69) is 16.8 Å². The molecular weight excluding hydrogens is 351 g/mol. The van der Waals surface area contributed by atoms with Crippen LogP contribution >= 0.6 is 0 Å². The van der Waals surface area contributed by atoms with Crippen molar-refractivity contribution < 1.29 is 19.1 Å². The third kappa shape index (κ3) is 3.45. The quantitative estimate of drug-likeness (QED) is 0.667. The molecule has 27 heavy (non-hydrogen) atoms. The number of carbonyl (C=O) groups is 2. The number of carbonyl (C=O) groups excluding carboxylic acids is 2. The molecule has 1 saturated heterocycles. The molecule has 0 aliphatic carbocycles. The van der Waals surface area contributed by atoms with E-state index < -0.39 is 23.2 Å². The van der Waals surface area contributed by atoms with Crippen molar-refractivity contribution in [3.63, 3.8) is 0 Å². The number of nitrogen functional groups attached to an aromatic ring is 1. The second-order valence-corrected chi connectivity index (χ2v) is 6.29. The molecule has 2 aromatic rings. The van der Waals surface area contributed by atoms with Gasteiger partial charge >= 0.3 is 0 Å². The minimum absolute atomic E-state index is 0.1000. The summed E-state index contributed by atoms with van der Waals surface area (Å²) < 4.78 is 14.3. The van der Waals surface area contributed by atoms with Crippen LogP contribution < -0.4 is 11.5 Å². The Morgan fingerprint density at radius 1 is 1.41 bits per heavy atom. The highest BCUT2D eigenvalue weighted by Gasteiger charge is 2.42. The number of halogens is 1. The lowest BCUT2D eigenvalue weighted by molar-refractivity contribution is -0.137. The van der Waals surface area contributed by atoms with E-state index in [4.69, 9.17) is 11.5 Å². The Kier molecular flexibility index (Phi) is 4.56. The van der Waals surface area contributed by atoms with Gasteiger partial charge in [0.25, 0.3) is 11.8 Å². The largest absolute Gasteiger partial charge is 0.397 e. The molecule has 0 bridgehead atoms. The van der Waals surface area contributed by atoms with E-state index in [-0.39, 0.29) is 23.5 Å². The number of amides is 2. The molecule has 1 atom stereocenters. The molecule has 5 N–H and O–H groups in total. The van der Waals surface area contributed by atoms with Gasteiger partial charge in [0, 0.05) is 37.2 Å². The normalized spacial score (nSPS) is 18.9. The number of hydrogen-bond acceptors (Lipinski definition) is 5. The minimum atomic E-state index is -1.73. The van der Waals surface area contributed by atoms with E-state index in [1.807, 2.05) is 0 Å². The molecule has 1 aromatic heterocycles. The number of likely N-dealkylation sites (N-methyl/N-ethyl adjacent to an activating group) is 1. The molecular formula is C19H17FN4O3. The van der Waals surface area contributed by atoms with Crippen LogP contribution in [0.25, 0.3) is 11.3 Å². The monoisotopic (exact) mass is 368 g/mol. The standard InChI is InChI=1S/C19H17FN4O3/c1-24-8-7-19(27,18(24)26)6-5-11-3-2-4-12(9-11)15-13(20)10-14(21)16(23-15)17(22)25/h2-4,9-10,27H,7-8,21H2,1H3,(H2,22,25). The van der Waals surface area contributed by atoms with Gasteiger partial charge in [0.05, 0.1) is 5.69 Å². The van der Waals surface area contributed by atoms with Gasteiger partial charge in [-0.05, 0) is 12.1 Å². The van der Waals surface area contributed by atoms with Crippen LogP contribution in [0.4, 0.5) is 10.1 Å². The molecule has 0 spiro atoms. The van der Waals surface area contributed by atoms with Crippen LogP contribution in [-0.4, -0.2) is 46.0 Å². The Morgan fingerprint density at radius 3 is 2.78 bits per heavy atom. The number of aliphatic hydroxyl groups is 1. The maximum Gasteiger partial charge on any atom is 0.269 e. The first-order valence-corrected chi connectivity index (χ1v) is 8.08. The van der Waals surface area contributed by atoms with Crippen molar-refractivity contribution in [2.75, 3.05) is 19.3 Å². The molecule has 0 radical (unpaired) electrons. The number of nitrogens with two attached hydrogens (primary N) is 2. The summed E-state index contributed by atoms with van der Waals surface area (Å²) in [5.41, 5.74) is 9.37. The zero-order valence-corrected chi connectivity index (χ0v) is 14.5. The van der Waals surface area contributed by atoms with Crippen LogP contribution in [-0.2, 0) is 4.79 Å². The highest BCUT2D eigenvalue weighted by molar-refractivity contribution is 5.96. The predicted octanol–water partition coefficient (Wildman–Crippen LogP) is 0.513. The number of rotatable bonds is 2. The SMILES string of the molecule is CN1CCC(O)(C#Cc2cccc(-c3nc(C(N)=O)c(N)cc3F)c2)C1=O. The number of benzene rings is 1. The van der Waals surface area contributed by atoms with Crippen LogP contribution in [0.1, 0.15) is 22.5 Å². The Hall–Kier alpha value is -3.44. The number of likely N-dealkylation sites (tertiary alicyclic amines) is 1. The second-order valence-electron chi connectivity index (χ2n) is 6.29. The zero-order valence-electron chi connectivity index (χ0n) is 14.5. The van der Waals surface area contributed by atoms with E-state index in [1.54, 1.807) is 25.2 Å². The summed E-state index contributed by atoms with van der Waals surface area (Å²) in [6.45, 7) is 0.417. The molecule has 1 aromatic carbocycles. The van der Waals surface area contributed by atoms with Crippen molar-refractivity contribution in [3.05, 3.63) is 47.4 Å². The van der Waals surface area contributed by atoms with Crippen molar-refractivity contribution in [1.29, 1.82) is 0 Å². The van der Waals surface area contributed by atoms with E-state index in [0.717, 1.165) is 6.07 Å². The third-order valence-corrected chi connectivity index (χ3v) is 4.30. The topological polar surface area (TPSA) is 123 Å². The van der Waals surface area contributed by atoms with Gasteiger partial charge < -0.3 is 21.5 Å². The van der Waals surface area contributed by atoms with Crippen molar-refractivity contribution in [3.8, 4) is 23.1 Å². The van der Waals surface area contributed by atoms with Crippen molar-refractivity contribution in [1.82, 2.24) is 9.88 Å². The third-order valence-electron chi connectivity index (χ3n) is 4.30. The summed E-state index contributed by atoms with van der Waals surface area (Å²) in [7, 11) is 1.59. The summed E-state index contributed by atoms with van der Waals surface area (Å²) >= 11 is 0. The highest BCUT2D eigenvalue weighted by atomic mass is 19.1. The number of nitrogens with zero attached hydrogens (tertiary/aromatic N) is 2. The van der Waals surface area contributed by atoms with Gasteiger partial charge in [0.2, 0.25) is 5.60 Å². The van der Waals surface area contributed by atoms with Gasteiger partial charge in [-0.25, -0.2) is 9.37 Å². The minimum Gasteiger partial charge on any atom is -0.397 e. The molecule has 1 aliphatic heterocycles. The maximum atomic E-state index is 14.3. The van der Waals surface area contributed by atoms with E-state index in [9.17, 15) is 19.1 Å². The van der Waals surface area contributed by atoms with Crippen LogP contribution in [0, 0.1) is 17.7 Å². The number of pyridine rings is 1. The first-order valence-electron chi connectivity index (χ1n) is 8.08. The summed E-state index contributed by atoms with van der Waals surface area (Å²) in [6, 6.07) is 7.36. The summed E-state index contributed by atoms with van der Waals surface area (Å²) in [5, 5.41) is 10.3. The predicted molar refractivity (Wildman–Crippen MR) is 96.6 cm³/mol. The number of primary amides is 1. The fraction of sp³-hybridized carbons (Fsp3) is 0.211.